The zero-order chi connectivity index (χ0) is 11.9. The first-order chi connectivity index (χ1) is 7.49. The van der Waals surface area contributed by atoms with Gasteiger partial charge in [0.2, 0.25) is 0 Å². The third kappa shape index (κ3) is 1.66. The molecule has 6 heteroatoms. The van der Waals surface area contributed by atoms with E-state index in [4.69, 9.17) is 0 Å². The molecule has 0 saturated heterocycles. The van der Waals surface area contributed by atoms with Gasteiger partial charge < -0.3 is 0 Å². The fraction of sp³-hybridized carbons (Fsp3) is 0.200. The van der Waals surface area contributed by atoms with Crippen molar-refractivity contribution in [1.29, 1.82) is 0 Å². The zero-order valence-electron chi connectivity index (χ0n) is 8.30. The van der Waals surface area contributed by atoms with Crippen molar-refractivity contribution in [2.45, 2.75) is 13.3 Å². The van der Waals surface area contributed by atoms with Crippen LogP contribution in [0.1, 0.15) is 13.3 Å². The molecule has 16 heavy (non-hydrogen) atoms. The molecule has 0 bridgehead atoms. The largest absolute Gasteiger partial charge is 0.272 e. The van der Waals surface area contributed by atoms with Gasteiger partial charge in [-0.2, -0.15) is 10.1 Å². The Kier molecular flexibility index (Phi) is 2.41. The van der Waals surface area contributed by atoms with E-state index in [2.05, 4.69) is 5.10 Å². The second kappa shape index (κ2) is 3.62. The Morgan fingerprint density at radius 1 is 1.25 bits per heavy atom. The second-order valence-corrected chi connectivity index (χ2v) is 3.44. The molecule has 84 valence electrons. The van der Waals surface area contributed by atoms with Gasteiger partial charge in [0, 0.05) is 17.8 Å². The Labute approximate surface area is 89.2 Å². The van der Waals surface area contributed by atoms with Gasteiger partial charge in [0.25, 0.3) is 5.91 Å². The maximum absolute atomic E-state index is 13.3. The standard InChI is InChI=1S/C10H7F3N2O/c1-5-2-9(16)15(14-5)10-7(12)3-6(11)4-8(10)13/h3-4H,2H2,1H3. The summed E-state index contributed by atoms with van der Waals surface area (Å²) >= 11 is 0. The molecule has 0 aliphatic carbocycles. The maximum Gasteiger partial charge on any atom is 0.253 e. The van der Waals surface area contributed by atoms with E-state index in [1.54, 1.807) is 6.92 Å². The number of anilines is 1. The monoisotopic (exact) mass is 228 g/mol. The van der Waals surface area contributed by atoms with Crippen molar-refractivity contribution in [3.63, 3.8) is 0 Å². The maximum atomic E-state index is 13.3. The van der Waals surface area contributed by atoms with Crippen LogP contribution in [0, 0.1) is 17.5 Å². The molecule has 3 nitrogen and oxygen atoms in total. The molecule has 0 spiro atoms. The van der Waals surface area contributed by atoms with E-state index < -0.39 is 29.0 Å². The summed E-state index contributed by atoms with van der Waals surface area (Å²) in [5.74, 6) is -3.87. The Morgan fingerprint density at radius 3 is 2.25 bits per heavy atom. The summed E-state index contributed by atoms with van der Waals surface area (Å²) in [5, 5.41) is 4.31. The number of hydrogen-bond acceptors (Lipinski definition) is 2. The van der Waals surface area contributed by atoms with Gasteiger partial charge in [0.05, 0.1) is 6.42 Å². The molecular formula is C10H7F3N2O. The predicted molar refractivity (Wildman–Crippen MR) is 51.5 cm³/mol. The number of hydrogen-bond donors (Lipinski definition) is 0. The Bertz CT molecular complexity index is 476. The molecule has 0 aromatic heterocycles. The van der Waals surface area contributed by atoms with Gasteiger partial charge in [-0.15, -0.1) is 0 Å². The second-order valence-electron chi connectivity index (χ2n) is 3.44. The minimum absolute atomic E-state index is 0.0102. The lowest BCUT2D eigenvalue weighted by atomic mass is 10.2. The van der Waals surface area contributed by atoms with Gasteiger partial charge in [0.1, 0.15) is 11.5 Å². The van der Waals surface area contributed by atoms with Crippen molar-refractivity contribution in [2.75, 3.05) is 5.01 Å². The third-order valence-corrected chi connectivity index (χ3v) is 2.11. The number of benzene rings is 1. The van der Waals surface area contributed by atoms with E-state index in [0.717, 1.165) is 0 Å². The molecule has 1 heterocycles. The lowest BCUT2D eigenvalue weighted by molar-refractivity contribution is -0.117. The van der Waals surface area contributed by atoms with E-state index in [9.17, 15) is 18.0 Å². The topological polar surface area (TPSA) is 32.7 Å². The van der Waals surface area contributed by atoms with E-state index in [1.165, 1.54) is 0 Å². The molecule has 1 aromatic rings. The zero-order valence-corrected chi connectivity index (χ0v) is 8.30. The lowest BCUT2D eigenvalue weighted by Gasteiger charge is -2.13. The van der Waals surface area contributed by atoms with Crippen LogP contribution >= 0.6 is 0 Å². The SMILES string of the molecule is CC1=NN(c2c(F)cc(F)cc2F)C(=O)C1. The summed E-state index contributed by atoms with van der Waals surface area (Å²) in [5.41, 5.74) is -0.184. The predicted octanol–water partition coefficient (Wildman–Crippen LogP) is 2.22. The summed E-state index contributed by atoms with van der Waals surface area (Å²) in [6, 6.07) is 1.02. The molecule has 0 N–H and O–H groups in total. The molecule has 0 atom stereocenters. The lowest BCUT2D eigenvalue weighted by Crippen LogP contribution is -2.22. The number of carbonyl (C=O) groups is 1. The van der Waals surface area contributed by atoms with E-state index in [0.29, 0.717) is 22.9 Å². The van der Waals surface area contributed by atoms with Crippen LogP contribution in [0.2, 0.25) is 0 Å². The first-order valence-corrected chi connectivity index (χ1v) is 4.50. The van der Waals surface area contributed by atoms with Crippen LogP contribution in [-0.2, 0) is 4.79 Å². The number of amides is 1. The van der Waals surface area contributed by atoms with Crippen LogP contribution in [0.25, 0.3) is 0 Å². The minimum atomic E-state index is -1.15. The average Bonchev–Trinajstić information content (AvgIpc) is 2.43. The third-order valence-electron chi connectivity index (χ3n) is 2.11. The van der Waals surface area contributed by atoms with Gasteiger partial charge in [-0.25, -0.2) is 13.2 Å². The Hall–Kier alpha value is -1.85. The van der Waals surface area contributed by atoms with Crippen LogP contribution in [0.3, 0.4) is 0 Å². The van der Waals surface area contributed by atoms with Crippen LogP contribution in [0.4, 0.5) is 18.9 Å². The molecule has 0 fully saturated rings. The van der Waals surface area contributed by atoms with Gasteiger partial charge in [-0.1, -0.05) is 0 Å². The first-order valence-electron chi connectivity index (χ1n) is 4.50. The molecule has 1 aromatic carbocycles. The minimum Gasteiger partial charge on any atom is -0.272 e. The average molecular weight is 228 g/mol. The fourth-order valence-electron chi connectivity index (χ4n) is 1.47. The smallest absolute Gasteiger partial charge is 0.253 e. The van der Waals surface area contributed by atoms with Crippen molar-refractivity contribution >= 4 is 17.3 Å². The highest BCUT2D eigenvalue weighted by Gasteiger charge is 2.28. The number of hydrazone groups is 1. The highest BCUT2D eigenvalue weighted by Crippen LogP contribution is 2.27. The van der Waals surface area contributed by atoms with E-state index in [1.807, 2.05) is 0 Å². The molecule has 1 aliphatic heterocycles. The molecular weight excluding hydrogens is 221 g/mol. The normalized spacial score (nSPS) is 15.6. The number of carbonyl (C=O) groups excluding carboxylic acids is 1. The molecule has 0 unspecified atom stereocenters. The van der Waals surface area contributed by atoms with Crippen LogP contribution in [0.15, 0.2) is 17.2 Å². The van der Waals surface area contributed by atoms with E-state index in [-0.39, 0.29) is 6.42 Å². The number of nitrogens with zero attached hydrogens (tertiary/aromatic N) is 2. The van der Waals surface area contributed by atoms with Gasteiger partial charge in [0.15, 0.2) is 11.6 Å². The van der Waals surface area contributed by atoms with Crippen LogP contribution < -0.4 is 5.01 Å². The number of rotatable bonds is 1. The van der Waals surface area contributed by atoms with Crippen LogP contribution in [0.5, 0.6) is 0 Å². The Morgan fingerprint density at radius 2 is 1.81 bits per heavy atom. The first kappa shape index (κ1) is 10.7. The van der Waals surface area contributed by atoms with Crippen LogP contribution in [-0.4, -0.2) is 11.6 Å². The van der Waals surface area contributed by atoms with Gasteiger partial charge >= 0.3 is 0 Å². The van der Waals surface area contributed by atoms with Crippen molar-refractivity contribution in [1.82, 2.24) is 0 Å². The molecule has 1 amide bonds. The summed E-state index contributed by atoms with van der Waals surface area (Å²) < 4.78 is 39.3. The molecule has 1 aliphatic rings. The van der Waals surface area contributed by atoms with Gasteiger partial charge in [-0.05, 0) is 6.92 Å². The molecule has 2 rings (SSSR count). The van der Waals surface area contributed by atoms with Crippen molar-refractivity contribution in [2.24, 2.45) is 5.10 Å². The van der Waals surface area contributed by atoms with Crippen molar-refractivity contribution in [3.05, 3.63) is 29.6 Å². The van der Waals surface area contributed by atoms with Crippen molar-refractivity contribution < 1.29 is 18.0 Å². The summed E-state index contributed by atoms with van der Waals surface area (Å²) in [7, 11) is 0. The number of halogens is 3. The quantitative estimate of drug-likeness (QED) is 0.725. The van der Waals surface area contributed by atoms with E-state index >= 15 is 0 Å². The molecule has 0 radical (unpaired) electrons. The highest BCUT2D eigenvalue weighted by molar-refractivity contribution is 6.12. The van der Waals surface area contributed by atoms with Crippen molar-refractivity contribution in [3.8, 4) is 0 Å². The summed E-state index contributed by atoms with van der Waals surface area (Å²) in [6.07, 6.45) is 0.0102. The highest BCUT2D eigenvalue weighted by atomic mass is 19.1. The molecule has 0 saturated carbocycles. The van der Waals surface area contributed by atoms with Gasteiger partial charge in [-0.3, -0.25) is 4.79 Å². The summed E-state index contributed by atoms with van der Waals surface area (Å²) in [6.45, 7) is 1.57. The summed E-state index contributed by atoms with van der Waals surface area (Å²) in [4.78, 5) is 11.4. The Balaban J connectivity index is 2.53. The fourth-order valence-corrected chi connectivity index (χ4v) is 1.47.